The van der Waals surface area contributed by atoms with E-state index < -0.39 is 18.1 Å². The lowest BCUT2D eigenvalue weighted by Crippen LogP contribution is -2.45. The minimum absolute atomic E-state index is 0.0161. The van der Waals surface area contributed by atoms with Gasteiger partial charge in [-0.05, 0) is 45.1 Å². The van der Waals surface area contributed by atoms with Crippen molar-refractivity contribution in [1.82, 2.24) is 10.2 Å². The smallest absolute Gasteiger partial charge is 0.314 e. The van der Waals surface area contributed by atoms with E-state index in [1.54, 1.807) is 6.92 Å². The van der Waals surface area contributed by atoms with Gasteiger partial charge in [-0.25, -0.2) is 4.79 Å². The van der Waals surface area contributed by atoms with E-state index in [0.29, 0.717) is 25.9 Å². The number of nitrogens with one attached hydrogen (secondary N) is 1. The fourth-order valence-electron chi connectivity index (χ4n) is 3.12. The second-order valence-electron chi connectivity index (χ2n) is 7.11. The van der Waals surface area contributed by atoms with Gasteiger partial charge in [0.2, 0.25) is 0 Å². The maximum Gasteiger partial charge on any atom is 0.314 e. The van der Waals surface area contributed by atoms with Crippen LogP contribution in [-0.2, 0) is 20.7 Å². The normalized spacial score (nSPS) is 17.0. The van der Waals surface area contributed by atoms with Crippen LogP contribution in [-0.4, -0.2) is 48.0 Å². The second-order valence-corrected chi connectivity index (χ2v) is 7.11. The molecule has 1 aromatic carbocycles. The van der Waals surface area contributed by atoms with Crippen molar-refractivity contribution < 1.29 is 19.1 Å². The number of nitrogens with two attached hydrogens (primary N) is 1. The molecule has 0 bridgehead atoms. The molecule has 2 atom stereocenters. The van der Waals surface area contributed by atoms with Crippen molar-refractivity contribution in [2.45, 2.75) is 51.7 Å². The molecule has 0 saturated carbocycles. The summed E-state index contributed by atoms with van der Waals surface area (Å²) >= 11 is 0. The molecular formula is C20H29N3O4. The number of rotatable bonds is 7. The molecule has 27 heavy (non-hydrogen) atoms. The van der Waals surface area contributed by atoms with Crippen molar-refractivity contribution in [3.8, 4) is 0 Å². The number of likely N-dealkylation sites (tertiary alicyclic amines) is 1. The minimum Gasteiger partial charge on any atom is -0.452 e. The molecule has 0 aromatic heterocycles. The van der Waals surface area contributed by atoms with E-state index in [2.05, 4.69) is 17.4 Å². The van der Waals surface area contributed by atoms with Gasteiger partial charge in [0, 0.05) is 19.1 Å². The monoisotopic (exact) mass is 375 g/mol. The van der Waals surface area contributed by atoms with Crippen molar-refractivity contribution in [2.75, 3.05) is 13.1 Å². The van der Waals surface area contributed by atoms with Gasteiger partial charge in [-0.15, -0.1) is 0 Å². The number of esters is 1. The van der Waals surface area contributed by atoms with E-state index in [0.717, 1.165) is 12.8 Å². The Morgan fingerprint density at radius 1 is 1.19 bits per heavy atom. The zero-order chi connectivity index (χ0) is 19.8. The highest BCUT2D eigenvalue weighted by Gasteiger charge is 2.30. The number of nitrogens with zero attached hydrogens (tertiary/aromatic N) is 1. The van der Waals surface area contributed by atoms with Gasteiger partial charge >= 0.3 is 12.0 Å². The molecule has 0 spiro atoms. The fraction of sp³-hybridized carbons (Fsp3) is 0.550. The summed E-state index contributed by atoms with van der Waals surface area (Å²) in [6.07, 6.45) is 1.84. The lowest BCUT2D eigenvalue weighted by molar-refractivity contribution is -0.160. The van der Waals surface area contributed by atoms with Gasteiger partial charge in [-0.1, -0.05) is 30.3 Å². The molecule has 3 N–H and O–H groups in total. The Kier molecular flexibility index (Phi) is 7.64. The Labute approximate surface area is 160 Å². The molecule has 1 fully saturated rings. The zero-order valence-corrected chi connectivity index (χ0v) is 16.0. The summed E-state index contributed by atoms with van der Waals surface area (Å²) < 4.78 is 5.33. The highest BCUT2D eigenvalue weighted by Crippen LogP contribution is 2.19. The summed E-state index contributed by atoms with van der Waals surface area (Å²) in [5.74, 6) is -0.983. The number of urea groups is 1. The van der Waals surface area contributed by atoms with E-state index in [1.165, 1.54) is 10.5 Å². The fourth-order valence-corrected chi connectivity index (χ4v) is 3.12. The molecule has 1 aromatic rings. The Balaban J connectivity index is 1.71. The van der Waals surface area contributed by atoms with Crippen LogP contribution in [0.2, 0.25) is 0 Å². The maximum absolute atomic E-state index is 12.3. The van der Waals surface area contributed by atoms with Gasteiger partial charge in [0.05, 0.1) is 5.92 Å². The summed E-state index contributed by atoms with van der Waals surface area (Å²) in [5.41, 5.74) is 6.46. The SMILES string of the molecule is CC(CCc1ccccc1)NC(=O)C(C)OC(=O)C1CCN(C(N)=O)CC1. The third kappa shape index (κ3) is 6.58. The van der Waals surface area contributed by atoms with Crippen LogP contribution in [0.5, 0.6) is 0 Å². The van der Waals surface area contributed by atoms with Gasteiger partial charge in [0.25, 0.3) is 5.91 Å². The predicted octanol–water partition coefficient (Wildman–Crippen LogP) is 1.85. The molecule has 7 nitrogen and oxygen atoms in total. The Morgan fingerprint density at radius 2 is 1.81 bits per heavy atom. The number of piperidine rings is 1. The van der Waals surface area contributed by atoms with E-state index in [-0.39, 0.29) is 17.9 Å². The number of carbonyl (C=O) groups is 3. The molecule has 2 unspecified atom stereocenters. The molecule has 1 aliphatic heterocycles. The third-order valence-corrected chi connectivity index (χ3v) is 4.90. The highest BCUT2D eigenvalue weighted by atomic mass is 16.5. The number of aryl methyl sites for hydroxylation is 1. The van der Waals surface area contributed by atoms with E-state index in [4.69, 9.17) is 10.5 Å². The Morgan fingerprint density at radius 3 is 2.41 bits per heavy atom. The first-order chi connectivity index (χ1) is 12.9. The van der Waals surface area contributed by atoms with Crippen LogP contribution in [0.25, 0.3) is 0 Å². The molecule has 1 heterocycles. The molecular weight excluding hydrogens is 346 g/mol. The summed E-state index contributed by atoms with van der Waals surface area (Å²) in [6.45, 7) is 4.39. The number of amides is 3. The minimum atomic E-state index is -0.842. The van der Waals surface area contributed by atoms with Crippen molar-refractivity contribution in [3.63, 3.8) is 0 Å². The van der Waals surface area contributed by atoms with Gasteiger partial charge in [-0.2, -0.15) is 0 Å². The van der Waals surface area contributed by atoms with E-state index >= 15 is 0 Å². The molecule has 0 aliphatic carbocycles. The van der Waals surface area contributed by atoms with Crippen LogP contribution in [0.1, 0.15) is 38.7 Å². The number of hydrogen-bond acceptors (Lipinski definition) is 4. The molecule has 2 rings (SSSR count). The van der Waals surface area contributed by atoms with Crippen LogP contribution in [0.15, 0.2) is 30.3 Å². The van der Waals surface area contributed by atoms with Gasteiger partial charge in [0.1, 0.15) is 0 Å². The number of ether oxygens (including phenoxy) is 1. The summed E-state index contributed by atoms with van der Waals surface area (Å²) in [5, 5.41) is 2.89. The highest BCUT2D eigenvalue weighted by molar-refractivity contribution is 5.84. The first-order valence-corrected chi connectivity index (χ1v) is 9.46. The van der Waals surface area contributed by atoms with Crippen LogP contribution < -0.4 is 11.1 Å². The van der Waals surface area contributed by atoms with E-state index in [9.17, 15) is 14.4 Å². The first kappa shape index (κ1) is 20.7. The molecule has 1 aliphatic rings. The lowest BCUT2D eigenvalue weighted by Gasteiger charge is -2.30. The molecule has 148 valence electrons. The summed E-state index contributed by atoms with van der Waals surface area (Å²) in [6, 6.07) is 9.59. The molecule has 3 amide bonds. The molecule has 1 saturated heterocycles. The Bertz CT molecular complexity index is 642. The standard InChI is InChI=1S/C20H29N3O4/c1-14(8-9-16-6-4-3-5-7-16)22-18(24)15(2)27-19(25)17-10-12-23(13-11-17)20(21)26/h3-7,14-15,17H,8-13H2,1-2H3,(H2,21,26)(H,22,24). The largest absolute Gasteiger partial charge is 0.452 e. The van der Waals surface area contributed by atoms with Crippen molar-refractivity contribution in [2.24, 2.45) is 11.7 Å². The topological polar surface area (TPSA) is 102 Å². The third-order valence-electron chi connectivity index (χ3n) is 4.90. The predicted molar refractivity (Wildman–Crippen MR) is 102 cm³/mol. The number of benzene rings is 1. The van der Waals surface area contributed by atoms with Gasteiger partial charge in [-0.3, -0.25) is 9.59 Å². The van der Waals surface area contributed by atoms with Crippen LogP contribution in [0.4, 0.5) is 4.79 Å². The van der Waals surface area contributed by atoms with Crippen LogP contribution in [0, 0.1) is 5.92 Å². The molecule has 0 radical (unpaired) electrons. The number of primary amides is 1. The molecule has 7 heteroatoms. The van der Waals surface area contributed by atoms with E-state index in [1.807, 2.05) is 25.1 Å². The summed E-state index contributed by atoms with van der Waals surface area (Å²) in [7, 11) is 0. The maximum atomic E-state index is 12.3. The lowest BCUT2D eigenvalue weighted by atomic mass is 9.97. The van der Waals surface area contributed by atoms with Gasteiger partial charge < -0.3 is 20.7 Å². The number of hydrogen-bond donors (Lipinski definition) is 2. The summed E-state index contributed by atoms with van der Waals surface area (Å²) in [4.78, 5) is 37.1. The first-order valence-electron chi connectivity index (χ1n) is 9.46. The van der Waals surface area contributed by atoms with Gasteiger partial charge in [0.15, 0.2) is 6.10 Å². The Hall–Kier alpha value is -2.57. The van der Waals surface area contributed by atoms with Crippen molar-refractivity contribution in [1.29, 1.82) is 0 Å². The van der Waals surface area contributed by atoms with Crippen molar-refractivity contribution >= 4 is 17.9 Å². The zero-order valence-electron chi connectivity index (χ0n) is 16.0. The average Bonchev–Trinajstić information content (AvgIpc) is 2.67. The van der Waals surface area contributed by atoms with Crippen LogP contribution in [0.3, 0.4) is 0 Å². The van der Waals surface area contributed by atoms with Crippen molar-refractivity contribution in [3.05, 3.63) is 35.9 Å². The average molecular weight is 375 g/mol. The number of carbonyl (C=O) groups excluding carboxylic acids is 3. The quantitative estimate of drug-likeness (QED) is 0.710. The second kappa shape index (κ2) is 9.94. The van der Waals surface area contributed by atoms with Crippen LogP contribution >= 0.6 is 0 Å².